The van der Waals surface area contributed by atoms with Gasteiger partial charge < -0.3 is 15.3 Å². The van der Waals surface area contributed by atoms with Crippen LogP contribution in [0.4, 0.5) is 5.69 Å². The van der Waals surface area contributed by atoms with E-state index < -0.39 is 0 Å². The largest absolute Gasteiger partial charge is 0.395 e. The first-order chi connectivity index (χ1) is 8.69. The second-order valence-corrected chi connectivity index (χ2v) is 5.91. The molecule has 3 nitrogen and oxygen atoms in total. The van der Waals surface area contributed by atoms with Gasteiger partial charge in [-0.2, -0.15) is 0 Å². The van der Waals surface area contributed by atoms with Crippen LogP contribution < -0.4 is 5.32 Å². The van der Waals surface area contributed by atoms with E-state index in [4.69, 9.17) is 5.11 Å². The molecule has 1 aliphatic heterocycles. The molecule has 0 saturated heterocycles. The maximum Gasteiger partial charge on any atom is 0.0558 e. The van der Waals surface area contributed by atoms with Crippen molar-refractivity contribution in [3.05, 3.63) is 28.2 Å². The molecule has 2 N–H and O–H groups in total. The van der Waals surface area contributed by atoms with Crippen LogP contribution in [-0.4, -0.2) is 42.8 Å². The molecule has 1 heterocycles. The van der Waals surface area contributed by atoms with Crippen LogP contribution in [-0.2, 0) is 6.42 Å². The summed E-state index contributed by atoms with van der Waals surface area (Å²) in [4.78, 5) is 2.18. The van der Waals surface area contributed by atoms with Gasteiger partial charge in [-0.3, -0.25) is 0 Å². The lowest BCUT2D eigenvalue weighted by molar-refractivity contribution is 0.217. The van der Waals surface area contributed by atoms with Gasteiger partial charge in [-0.25, -0.2) is 0 Å². The maximum absolute atomic E-state index is 8.87. The fourth-order valence-electron chi connectivity index (χ4n) is 2.41. The number of aryl methyl sites for hydroxylation is 1. The van der Waals surface area contributed by atoms with E-state index in [9.17, 15) is 0 Å². The van der Waals surface area contributed by atoms with Crippen LogP contribution in [0.3, 0.4) is 0 Å². The molecule has 0 spiro atoms. The molecule has 1 aromatic carbocycles. The van der Waals surface area contributed by atoms with Gasteiger partial charge in [0, 0.05) is 22.7 Å². The van der Waals surface area contributed by atoms with Crippen molar-refractivity contribution in [3.63, 3.8) is 0 Å². The van der Waals surface area contributed by atoms with Gasteiger partial charge in [-0.15, -0.1) is 0 Å². The molecule has 0 aliphatic carbocycles. The zero-order valence-corrected chi connectivity index (χ0v) is 12.4. The number of aliphatic hydroxyl groups excluding tert-OH is 1. The van der Waals surface area contributed by atoms with E-state index in [1.807, 2.05) is 0 Å². The van der Waals surface area contributed by atoms with E-state index in [-0.39, 0.29) is 6.61 Å². The molecule has 0 aromatic heterocycles. The highest BCUT2D eigenvalue weighted by atomic mass is 79.9. The van der Waals surface area contributed by atoms with Crippen molar-refractivity contribution >= 4 is 21.6 Å². The van der Waals surface area contributed by atoms with E-state index in [2.05, 4.69) is 51.4 Å². The highest BCUT2D eigenvalue weighted by Crippen LogP contribution is 2.28. The number of rotatable bonds is 5. The third-order valence-electron chi connectivity index (χ3n) is 3.53. The van der Waals surface area contributed by atoms with E-state index in [1.165, 1.54) is 17.7 Å². The average molecular weight is 313 g/mol. The molecule has 1 aliphatic rings. The standard InChI is InChI=1S/C14H21BrN2O/c1-17(8-9-18)7-6-13-4-2-11-10-12(15)3-5-14(11)16-13/h3,5,10,13,16,18H,2,4,6-9H2,1H3. The third-order valence-corrected chi connectivity index (χ3v) is 4.02. The van der Waals surface area contributed by atoms with Crippen molar-refractivity contribution in [2.75, 3.05) is 32.1 Å². The smallest absolute Gasteiger partial charge is 0.0558 e. The predicted molar refractivity (Wildman–Crippen MR) is 79.1 cm³/mol. The first kappa shape index (κ1) is 13.8. The fourth-order valence-corrected chi connectivity index (χ4v) is 2.82. The average Bonchev–Trinajstić information content (AvgIpc) is 2.36. The number of aliphatic hydroxyl groups is 1. The summed E-state index contributed by atoms with van der Waals surface area (Å²) >= 11 is 3.51. The lowest BCUT2D eigenvalue weighted by Crippen LogP contribution is -2.31. The molecular formula is C14H21BrN2O. The number of hydrogen-bond donors (Lipinski definition) is 2. The summed E-state index contributed by atoms with van der Waals surface area (Å²) in [5.41, 5.74) is 2.68. The Morgan fingerprint density at radius 1 is 1.44 bits per heavy atom. The Morgan fingerprint density at radius 3 is 3.06 bits per heavy atom. The Balaban J connectivity index is 1.86. The van der Waals surface area contributed by atoms with E-state index in [1.54, 1.807) is 0 Å². The molecule has 100 valence electrons. The number of likely N-dealkylation sites (N-methyl/N-ethyl adjacent to an activating group) is 1. The van der Waals surface area contributed by atoms with Crippen molar-refractivity contribution in [2.24, 2.45) is 0 Å². The van der Waals surface area contributed by atoms with Crippen LogP contribution in [0.15, 0.2) is 22.7 Å². The second-order valence-electron chi connectivity index (χ2n) is 5.00. The van der Waals surface area contributed by atoms with Crippen LogP contribution >= 0.6 is 15.9 Å². The molecular weight excluding hydrogens is 292 g/mol. The second kappa shape index (κ2) is 6.55. The Labute approximate surface area is 117 Å². The van der Waals surface area contributed by atoms with Gasteiger partial charge >= 0.3 is 0 Å². The Morgan fingerprint density at radius 2 is 2.28 bits per heavy atom. The minimum atomic E-state index is 0.242. The van der Waals surface area contributed by atoms with Crippen molar-refractivity contribution in [1.29, 1.82) is 0 Å². The van der Waals surface area contributed by atoms with Crippen LogP contribution in [0.2, 0.25) is 0 Å². The summed E-state index contributed by atoms with van der Waals surface area (Å²) in [6.07, 6.45) is 3.47. The quantitative estimate of drug-likeness (QED) is 0.877. The summed E-state index contributed by atoms with van der Waals surface area (Å²) in [6.45, 7) is 2.03. The molecule has 1 atom stereocenters. The molecule has 0 fully saturated rings. The monoisotopic (exact) mass is 312 g/mol. The number of anilines is 1. The van der Waals surface area contributed by atoms with Gasteiger partial charge in [-0.1, -0.05) is 15.9 Å². The number of nitrogens with zero attached hydrogens (tertiary/aromatic N) is 1. The number of nitrogens with one attached hydrogen (secondary N) is 1. The Kier molecular flexibility index (Phi) is 5.03. The minimum Gasteiger partial charge on any atom is -0.395 e. The normalized spacial score (nSPS) is 18.6. The molecule has 4 heteroatoms. The first-order valence-electron chi connectivity index (χ1n) is 6.53. The van der Waals surface area contributed by atoms with E-state index in [0.29, 0.717) is 6.04 Å². The van der Waals surface area contributed by atoms with Crippen molar-refractivity contribution in [3.8, 4) is 0 Å². The highest BCUT2D eigenvalue weighted by molar-refractivity contribution is 9.10. The molecule has 0 amide bonds. The zero-order chi connectivity index (χ0) is 13.0. The molecule has 0 bridgehead atoms. The van der Waals surface area contributed by atoms with Crippen LogP contribution in [0, 0.1) is 0 Å². The SMILES string of the molecule is CN(CCO)CCC1CCc2cc(Br)ccc2N1. The number of fused-ring (bicyclic) bond motifs is 1. The summed E-state index contributed by atoms with van der Waals surface area (Å²) in [6, 6.07) is 7.01. The lowest BCUT2D eigenvalue weighted by Gasteiger charge is -2.28. The molecule has 1 unspecified atom stereocenters. The van der Waals surface area contributed by atoms with Gasteiger partial charge in [0.15, 0.2) is 0 Å². The molecule has 0 saturated carbocycles. The van der Waals surface area contributed by atoms with Crippen LogP contribution in [0.5, 0.6) is 0 Å². The summed E-state index contributed by atoms with van der Waals surface area (Å²) < 4.78 is 1.16. The lowest BCUT2D eigenvalue weighted by atomic mass is 9.96. The highest BCUT2D eigenvalue weighted by Gasteiger charge is 2.17. The van der Waals surface area contributed by atoms with Crippen molar-refractivity contribution < 1.29 is 5.11 Å². The minimum absolute atomic E-state index is 0.242. The van der Waals surface area contributed by atoms with Gasteiger partial charge in [-0.05, 0) is 56.6 Å². The summed E-state index contributed by atoms with van der Waals surface area (Å²) in [5.74, 6) is 0. The molecule has 2 rings (SSSR count). The van der Waals surface area contributed by atoms with Gasteiger partial charge in [0.05, 0.1) is 6.61 Å². The Hall–Kier alpha value is -0.580. The topological polar surface area (TPSA) is 35.5 Å². The van der Waals surface area contributed by atoms with Gasteiger partial charge in [0.1, 0.15) is 0 Å². The fraction of sp³-hybridized carbons (Fsp3) is 0.571. The van der Waals surface area contributed by atoms with Crippen molar-refractivity contribution in [2.45, 2.75) is 25.3 Å². The number of hydrogen-bond acceptors (Lipinski definition) is 3. The molecule has 1 aromatic rings. The van der Waals surface area contributed by atoms with Crippen molar-refractivity contribution in [1.82, 2.24) is 4.90 Å². The molecule has 0 radical (unpaired) electrons. The number of halogens is 1. The van der Waals surface area contributed by atoms with Gasteiger partial charge in [0.2, 0.25) is 0 Å². The summed E-state index contributed by atoms with van der Waals surface area (Å²) in [7, 11) is 2.06. The number of benzene rings is 1. The zero-order valence-electron chi connectivity index (χ0n) is 10.8. The van der Waals surface area contributed by atoms with E-state index in [0.717, 1.165) is 30.4 Å². The Bertz CT molecular complexity index is 397. The third kappa shape index (κ3) is 3.70. The predicted octanol–water partition coefficient (Wildman–Crippen LogP) is 2.49. The first-order valence-corrected chi connectivity index (χ1v) is 7.32. The maximum atomic E-state index is 8.87. The van der Waals surface area contributed by atoms with Crippen LogP contribution in [0.1, 0.15) is 18.4 Å². The van der Waals surface area contributed by atoms with E-state index >= 15 is 0 Å². The summed E-state index contributed by atoms with van der Waals surface area (Å²) in [5, 5.41) is 12.5. The molecule has 18 heavy (non-hydrogen) atoms. The van der Waals surface area contributed by atoms with Crippen LogP contribution in [0.25, 0.3) is 0 Å². The van der Waals surface area contributed by atoms with Gasteiger partial charge in [0.25, 0.3) is 0 Å².